The van der Waals surface area contributed by atoms with Crippen molar-refractivity contribution in [3.8, 4) is 0 Å². The minimum atomic E-state index is -0.304. The van der Waals surface area contributed by atoms with Gasteiger partial charge in [0.2, 0.25) is 5.91 Å². The van der Waals surface area contributed by atoms with E-state index in [2.05, 4.69) is 5.32 Å². The Hall–Kier alpha value is -2.11. The van der Waals surface area contributed by atoms with E-state index in [1.54, 1.807) is 35.2 Å². The molecule has 0 aliphatic rings. The van der Waals surface area contributed by atoms with Gasteiger partial charge in [-0.05, 0) is 36.2 Å². The molecule has 26 heavy (non-hydrogen) atoms. The van der Waals surface area contributed by atoms with Crippen molar-refractivity contribution in [1.29, 1.82) is 0 Å². The summed E-state index contributed by atoms with van der Waals surface area (Å²) in [6.45, 7) is 2.42. The summed E-state index contributed by atoms with van der Waals surface area (Å²) in [7, 11) is 0. The van der Waals surface area contributed by atoms with Crippen molar-refractivity contribution < 1.29 is 14.0 Å². The van der Waals surface area contributed by atoms with Gasteiger partial charge in [-0.3, -0.25) is 9.59 Å². The SMILES string of the molecule is CC(=O)N(CCNC(=O)c1ccc(Cl)c(Cl)c1)CCc1ccccc1F. The lowest BCUT2D eigenvalue weighted by Gasteiger charge is -2.21. The molecule has 0 unspecified atom stereocenters. The third-order valence-electron chi connectivity index (χ3n) is 3.90. The van der Waals surface area contributed by atoms with Crippen LogP contribution in [-0.2, 0) is 11.2 Å². The number of rotatable bonds is 7. The second-order valence-electron chi connectivity index (χ2n) is 5.73. The van der Waals surface area contributed by atoms with Gasteiger partial charge in [-0.1, -0.05) is 41.4 Å². The minimum Gasteiger partial charge on any atom is -0.350 e. The number of benzene rings is 2. The Balaban J connectivity index is 1.86. The van der Waals surface area contributed by atoms with Crippen molar-refractivity contribution in [1.82, 2.24) is 10.2 Å². The average molecular weight is 397 g/mol. The largest absolute Gasteiger partial charge is 0.350 e. The fourth-order valence-corrected chi connectivity index (χ4v) is 2.73. The van der Waals surface area contributed by atoms with Gasteiger partial charge in [0.1, 0.15) is 5.82 Å². The summed E-state index contributed by atoms with van der Waals surface area (Å²) in [5.74, 6) is -0.727. The Morgan fingerprint density at radius 1 is 1.08 bits per heavy atom. The highest BCUT2D eigenvalue weighted by atomic mass is 35.5. The summed E-state index contributed by atoms with van der Waals surface area (Å²) in [5.41, 5.74) is 0.943. The van der Waals surface area contributed by atoms with Gasteiger partial charge in [-0.15, -0.1) is 0 Å². The predicted octanol–water partition coefficient (Wildman–Crippen LogP) is 3.95. The Morgan fingerprint density at radius 2 is 1.81 bits per heavy atom. The number of carbonyl (C=O) groups excluding carboxylic acids is 2. The van der Waals surface area contributed by atoms with Crippen LogP contribution >= 0.6 is 23.2 Å². The van der Waals surface area contributed by atoms with Gasteiger partial charge < -0.3 is 10.2 Å². The van der Waals surface area contributed by atoms with E-state index in [9.17, 15) is 14.0 Å². The molecule has 2 aromatic rings. The molecule has 0 aromatic heterocycles. The fourth-order valence-electron chi connectivity index (χ4n) is 2.43. The van der Waals surface area contributed by atoms with Crippen molar-refractivity contribution >= 4 is 35.0 Å². The second-order valence-corrected chi connectivity index (χ2v) is 6.55. The van der Waals surface area contributed by atoms with Crippen molar-refractivity contribution in [2.45, 2.75) is 13.3 Å². The Morgan fingerprint density at radius 3 is 2.46 bits per heavy atom. The predicted molar refractivity (Wildman–Crippen MR) is 101 cm³/mol. The maximum absolute atomic E-state index is 13.7. The number of carbonyl (C=O) groups is 2. The summed E-state index contributed by atoms with van der Waals surface area (Å²) in [6, 6.07) is 11.1. The lowest BCUT2D eigenvalue weighted by atomic mass is 10.1. The maximum Gasteiger partial charge on any atom is 0.251 e. The summed E-state index contributed by atoms with van der Waals surface area (Å²) < 4.78 is 13.7. The molecular weight excluding hydrogens is 378 g/mol. The first-order valence-electron chi connectivity index (χ1n) is 8.10. The second kappa shape index (κ2) is 9.55. The highest BCUT2D eigenvalue weighted by Crippen LogP contribution is 2.22. The number of hydrogen-bond acceptors (Lipinski definition) is 2. The molecule has 0 atom stereocenters. The van der Waals surface area contributed by atoms with E-state index < -0.39 is 0 Å². The van der Waals surface area contributed by atoms with Gasteiger partial charge in [-0.25, -0.2) is 4.39 Å². The smallest absolute Gasteiger partial charge is 0.251 e. The summed E-state index contributed by atoms with van der Waals surface area (Å²) >= 11 is 11.7. The third kappa shape index (κ3) is 5.71. The zero-order chi connectivity index (χ0) is 19.1. The van der Waals surface area contributed by atoms with Gasteiger partial charge in [-0.2, -0.15) is 0 Å². The van der Waals surface area contributed by atoms with Crippen LogP contribution in [0, 0.1) is 5.82 Å². The first-order valence-corrected chi connectivity index (χ1v) is 8.86. The third-order valence-corrected chi connectivity index (χ3v) is 4.64. The Bertz CT molecular complexity index is 799. The van der Waals surface area contributed by atoms with Crippen LogP contribution in [0.25, 0.3) is 0 Å². The molecule has 0 radical (unpaired) electrons. The number of nitrogens with one attached hydrogen (secondary N) is 1. The van der Waals surface area contributed by atoms with Gasteiger partial charge in [0.15, 0.2) is 0 Å². The first-order chi connectivity index (χ1) is 12.4. The zero-order valence-corrected chi connectivity index (χ0v) is 15.8. The van der Waals surface area contributed by atoms with Gasteiger partial charge in [0.05, 0.1) is 10.0 Å². The number of amides is 2. The van der Waals surface area contributed by atoms with E-state index in [1.165, 1.54) is 19.1 Å². The zero-order valence-electron chi connectivity index (χ0n) is 14.3. The minimum absolute atomic E-state index is 0.134. The van der Waals surface area contributed by atoms with E-state index in [1.807, 2.05) is 0 Å². The van der Waals surface area contributed by atoms with Crippen molar-refractivity contribution in [2.24, 2.45) is 0 Å². The van der Waals surface area contributed by atoms with Crippen LogP contribution in [-0.4, -0.2) is 36.3 Å². The number of hydrogen-bond donors (Lipinski definition) is 1. The molecule has 2 rings (SSSR count). The van der Waals surface area contributed by atoms with Crippen LogP contribution in [0.3, 0.4) is 0 Å². The molecule has 0 saturated carbocycles. The van der Waals surface area contributed by atoms with E-state index in [0.29, 0.717) is 40.7 Å². The molecule has 0 spiro atoms. The first kappa shape index (κ1) is 20.2. The van der Waals surface area contributed by atoms with Gasteiger partial charge in [0, 0.05) is 32.1 Å². The van der Waals surface area contributed by atoms with Gasteiger partial charge >= 0.3 is 0 Å². The molecule has 7 heteroatoms. The molecule has 0 fully saturated rings. The molecule has 2 amide bonds. The quantitative estimate of drug-likeness (QED) is 0.769. The van der Waals surface area contributed by atoms with Crippen molar-refractivity contribution in [3.05, 3.63) is 69.5 Å². The molecule has 0 saturated heterocycles. The van der Waals surface area contributed by atoms with E-state index >= 15 is 0 Å². The van der Waals surface area contributed by atoms with Crippen LogP contribution in [0.2, 0.25) is 10.0 Å². The monoisotopic (exact) mass is 396 g/mol. The molecule has 0 heterocycles. The van der Waals surface area contributed by atoms with Crippen LogP contribution < -0.4 is 5.32 Å². The fraction of sp³-hybridized carbons (Fsp3) is 0.263. The Labute approximate surface area is 161 Å². The van der Waals surface area contributed by atoms with E-state index in [4.69, 9.17) is 23.2 Å². The van der Waals surface area contributed by atoms with E-state index in [0.717, 1.165) is 0 Å². The number of halogens is 3. The molecule has 1 N–H and O–H groups in total. The van der Waals surface area contributed by atoms with Crippen LogP contribution in [0.1, 0.15) is 22.8 Å². The van der Waals surface area contributed by atoms with Crippen LogP contribution in [0.4, 0.5) is 4.39 Å². The standard InChI is InChI=1S/C19H19Cl2FN2O2/c1-13(25)24(10-8-14-4-2-3-5-18(14)22)11-9-23-19(26)15-6-7-16(20)17(21)12-15/h2-7,12H,8-11H2,1H3,(H,23,26). The lowest BCUT2D eigenvalue weighted by molar-refractivity contribution is -0.128. The summed E-state index contributed by atoms with van der Waals surface area (Å²) in [5, 5.41) is 3.41. The van der Waals surface area contributed by atoms with Gasteiger partial charge in [0.25, 0.3) is 5.91 Å². The molecule has 138 valence electrons. The highest BCUT2D eigenvalue weighted by Gasteiger charge is 2.12. The topological polar surface area (TPSA) is 49.4 Å². The molecule has 0 aliphatic carbocycles. The number of nitrogens with zero attached hydrogens (tertiary/aromatic N) is 1. The summed E-state index contributed by atoms with van der Waals surface area (Å²) in [4.78, 5) is 25.5. The molecule has 0 bridgehead atoms. The molecule has 0 aliphatic heterocycles. The molecule has 4 nitrogen and oxygen atoms in total. The Kier molecular flexibility index (Phi) is 7.42. The molecular formula is C19H19Cl2FN2O2. The van der Waals surface area contributed by atoms with Crippen LogP contribution in [0.15, 0.2) is 42.5 Å². The van der Waals surface area contributed by atoms with Crippen molar-refractivity contribution in [2.75, 3.05) is 19.6 Å². The lowest BCUT2D eigenvalue weighted by Crippen LogP contribution is -2.38. The average Bonchev–Trinajstić information content (AvgIpc) is 2.61. The summed E-state index contributed by atoms with van der Waals surface area (Å²) in [6.07, 6.45) is 0.410. The maximum atomic E-state index is 13.7. The van der Waals surface area contributed by atoms with Crippen molar-refractivity contribution in [3.63, 3.8) is 0 Å². The molecule has 2 aromatic carbocycles. The highest BCUT2D eigenvalue weighted by molar-refractivity contribution is 6.42. The van der Waals surface area contributed by atoms with E-state index in [-0.39, 0.29) is 24.2 Å². The van der Waals surface area contributed by atoms with Crippen LogP contribution in [0.5, 0.6) is 0 Å². The normalized spacial score (nSPS) is 10.5.